The standard InChI is InChI=1S/C26H30N8/c1-17(2)25-22-12-19(18-8-10-33(11-9-18)15-21-14-32(3)31-30-21)4-6-23(22)29-26(25)20-5-7-24-27-16-28-34(24)13-20/h4-7,12-14,16-18,29H,8-11,15H2,1-3H3. The zero-order chi connectivity index (χ0) is 23.2. The number of aromatic nitrogens is 7. The minimum Gasteiger partial charge on any atom is -0.354 e. The molecule has 1 aliphatic rings. The number of fused-ring (bicyclic) bond motifs is 2. The van der Waals surface area contributed by atoms with Gasteiger partial charge in [-0.25, -0.2) is 9.50 Å². The SMILES string of the molecule is CC(C)c1c(-c2ccc3ncnn3c2)[nH]c2ccc(C3CCN(Cc4cn(C)nn4)CC3)cc12. The molecule has 5 heterocycles. The first-order valence-corrected chi connectivity index (χ1v) is 12.1. The molecule has 0 amide bonds. The van der Waals surface area contributed by atoms with Gasteiger partial charge >= 0.3 is 0 Å². The van der Waals surface area contributed by atoms with Crippen LogP contribution in [0.15, 0.2) is 49.1 Å². The summed E-state index contributed by atoms with van der Waals surface area (Å²) in [5, 5.41) is 14.0. The lowest BCUT2D eigenvalue weighted by atomic mass is 9.87. The monoisotopic (exact) mass is 454 g/mol. The van der Waals surface area contributed by atoms with Gasteiger partial charge in [0.25, 0.3) is 0 Å². The summed E-state index contributed by atoms with van der Waals surface area (Å²) in [4.78, 5) is 10.5. The van der Waals surface area contributed by atoms with Crippen molar-refractivity contribution in [1.29, 1.82) is 0 Å². The quantitative estimate of drug-likeness (QED) is 0.423. The lowest BCUT2D eigenvalue weighted by Crippen LogP contribution is -2.32. The van der Waals surface area contributed by atoms with Gasteiger partial charge in [-0.05, 0) is 73.2 Å². The van der Waals surface area contributed by atoms with Crippen LogP contribution in [0, 0.1) is 0 Å². The van der Waals surface area contributed by atoms with Crippen LogP contribution in [0.25, 0.3) is 27.8 Å². The van der Waals surface area contributed by atoms with E-state index >= 15 is 0 Å². The zero-order valence-corrected chi connectivity index (χ0v) is 19.9. The fourth-order valence-electron chi connectivity index (χ4n) is 5.40. The second kappa shape index (κ2) is 8.36. The van der Waals surface area contributed by atoms with E-state index in [1.807, 2.05) is 23.8 Å². The Labute approximate surface area is 198 Å². The van der Waals surface area contributed by atoms with Crippen LogP contribution in [0.2, 0.25) is 0 Å². The van der Waals surface area contributed by atoms with Crippen molar-refractivity contribution in [3.05, 3.63) is 65.9 Å². The predicted octanol–water partition coefficient (Wildman–Crippen LogP) is 4.51. The van der Waals surface area contributed by atoms with Crippen molar-refractivity contribution in [3.63, 3.8) is 0 Å². The Morgan fingerprint density at radius 2 is 1.94 bits per heavy atom. The molecule has 0 radical (unpaired) electrons. The zero-order valence-electron chi connectivity index (χ0n) is 19.9. The Morgan fingerprint density at radius 3 is 2.71 bits per heavy atom. The average Bonchev–Trinajstić information content (AvgIpc) is 3.56. The number of likely N-dealkylation sites (tertiary alicyclic amines) is 1. The number of rotatable bonds is 5. The normalized spacial score (nSPS) is 15.8. The van der Waals surface area contributed by atoms with Gasteiger partial charge < -0.3 is 4.98 Å². The first-order chi connectivity index (χ1) is 16.5. The number of nitrogens with zero attached hydrogens (tertiary/aromatic N) is 7. The van der Waals surface area contributed by atoms with Crippen LogP contribution >= 0.6 is 0 Å². The highest BCUT2D eigenvalue weighted by molar-refractivity contribution is 5.92. The van der Waals surface area contributed by atoms with Crippen molar-refractivity contribution in [2.24, 2.45) is 7.05 Å². The molecule has 1 fully saturated rings. The number of benzene rings is 1. The first-order valence-electron chi connectivity index (χ1n) is 12.1. The van der Waals surface area contributed by atoms with Crippen molar-refractivity contribution in [2.75, 3.05) is 13.1 Å². The summed E-state index contributed by atoms with van der Waals surface area (Å²) in [6, 6.07) is 11.2. The van der Waals surface area contributed by atoms with E-state index in [9.17, 15) is 0 Å². The molecule has 1 aliphatic heterocycles. The highest BCUT2D eigenvalue weighted by atomic mass is 15.4. The molecule has 34 heavy (non-hydrogen) atoms. The van der Waals surface area contributed by atoms with Gasteiger partial charge in [0.2, 0.25) is 0 Å². The fourth-order valence-corrected chi connectivity index (χ4v) is 5.40. The van der Waals surface area contributed by atoms with Crippen molar-refractivity contribution in [3.8, 4) is 11.3 Å². The minimum absolute atomic E-state index is 0.402. The van der Waals surface area contributed by atoms with Gasteiger partial charge in [-0.15, -0.1) is 5.10 Å². The van der Waals surface area contributed by atoms with Gasteiger partial charge in [-0.1, -0.05) is 25.1 Å². The summed E-state index contributed by atoms with van der Waals surface area (Å²) in [7, 11) is 1.92. The first kappa shape index (κ1) is 21.0. The van der Waals surface area contributed by atoms with Crippen LogP contribution in [-0.2, 0) is 13.6 Å². The van der Waals surface area contributed by atoms with E-state index in [4.69, 9.17) is 0 Å². The van der Waals surface area contributed by atoms with Gasteiger partial charge in [0.05, 0.1) is 11.4 Å². The van der Waals surface area contributed by atoms with Crippen LogP contribution in [0.1, 0.15) is 55.3 Å². The van der Waals surface area contributed by atoms with Gasteiger partial charge in [-0.3, -0.25) is 9.58 Å². The number of aromatic amines is 1. The molecule has 0 saturated carbocycles. The average molecular weight is 455 g/mol. The Bertz CT molecular complexity index is 1450. The molecule has 1 aromatic carbocycles. The maximum absolute atomic E-state index is 4.32. The molecule has 174 valence electrons. The number of pyridine rings is 1. The summed E-state index contributed by atoms with van der Waals surface area (Å²) < 4.78 is 3.62. The highest BCUT2D eigenvalue weighted by Crippen LogP contribution is 2.38. The van der Waals surface area contributed by atoms with Gasteiger partial charge in [0, 0.05) is 42.5 Å². The number of nitrogens with one attached hydrogen (secondary N) is 1. The smallest absolute Gasteiger partial charge is 0.155 e. The van der Waals surface area contributed by atoms with Crippen LogP contribution in [-0.4, -0.2) is 52.6 Å². The molecule has 0 spiro atoms. The molecule has 1 saturated heterocycles. The maximum atomic E-state index is 4.32. The van der Waals surface area contributed by atoms with Gasteiger partial charge in [0.15, 0.2) is 5.65 Å². The molecule has 0 atom stereocenters. The number of aryl methyl sites for hydroxylation is 1. The molecule has 8 heteroatoms. The Hall–Kier alpha value is -3.52. The molecule has 0 unspecified atom stereocenters. The highest BCUT2D eigenvalue weighted by Gasteiger charge is 2.23. The maximum Gasteiger partial charge on any atom is 0.155 e. The van der Waals surface area contributed by atoms with E-state index < -0.39 is 0 Å². The number of piperidine rings is 1. The topological polar surface area (TPSA) is 79.9 Å². The van der Waals surface area contributed by atoms with Gasteiger partial charge in [-0.2, -0.15) is 5.10 Å². The second-order valence-corrected chi connectivity index (χ2v) is 9.79. The third-order valence-corrected chi connectivity index (χ3v) is 7.10. The molecule has 0 bridgehead atoms. The second-order valence-electron chi connectivity index (χ2n) is 9.79. The Kier molecular flexibility index (Phi) is 5.17. The van der Waals surface area contributed by atoms with E-state index in [0.29, 0.717) is 11.8 Å². The summed E-state index contributed by atoms with van der Waals surface area (Å²) in [5.41, 5.74) is 8.24. The number of H-pyrrole nitrogens is 1. The minimum atomic E-state index is 0.402. The molecule has 1 N–H and O–H groups in total. The lowest BCUT2D eigenvalue weighted by Gasteiger charge is -2.31. The largest absolute Gasteiger partial charge is 0.354 e. The molecular weight excluding hydrogens is 424 g/mol. The molecule has 5 aromatic rings. The molecule has 0 aliphatic carbocycles. The lowest BCUT2D eigenvalue weighted by molar-refractivity contribution is 0.202. The molecular formula is C26H30N8. The Morgan fingerprint density at radius 1 is 1.09 bits per heavy atom. The predicted molar refractivity (Wildman–Crippen MR) is 133 cm³/mol. The van der Waals surface area contributed by atoms with Crippen LogP contribution in [0.4, 0.5) is 0 Å². The number of hydrogen-bond acceptors (Lipinski definition) is 5. The summed E-state index contributed by atoms with van der Waals surface area (Å²) in [6.07, 6.45) is 8.01. The van der Waals surface area contributed by atoms with E-state index in [0.717, 1.165) is 36.5 Å². The summed E-state index contributed by atoms with van der Waals surface area (Å²) in [6.45, 7) is 7.61. The third-order valence-electron chi connectivity index (χ3n) is 7.10. The summed E-state index contributed by atoms with van der Waals surface area (Å²) in [5.74, 6) is 0.992. The van der Waals surface area contributed by atoms with Crippen molar-refractivity contribution in [1.82, 2.24) is 39.5 Å². The van der Waals surface area contributed by atoms with E-state index in [2.05, 4.69) is 74.6 Å². The van der Waals surface area contributed by atoms with Crippen molar-refractivity contribution in [2.45, 2.75) is 45.1 Å². The van der Waals surface area contributed by atoms with Gasteiger partial charge in [0.1, 0.15) is 6.33 Å². The Balaban J connectivity index is 1.27. The van der Waals surface area contributed by atoms with E-state index in [1.54, 1.807) is 11.0 Å². The fraction of sp³-hybridized carbons (Fsp3) is 0.385. The summed E-state index contributed by atoms with van der Waals surface area (Å²) >= 11 is 0. The molecule has 4 aromatic heterocycles. The van der Waals surface area contributed by atoms with E-state index in [-0.39, 0.29) is 0 Å². The van der Waals surface area contributed by atoms with Crippen molar-refractivity contribution >= 4 is 16.6 Å². The third kappa shape index (κ3) is 3.77. The van der Waals surface area contributed by atoms with Crippen LogP contribution in [0.5, 0.6) is 0 Å². The number of hydrogen-bond donors (Lipinski definition) is 1. The van der Waals surface area contributed by atoms with Crippen LogP contribution in [0.3, 0.4) is 0 Å². The molecule has 8 nitrogen and oxygen atoms in total. The van der Waals surface area contributed by atoms with E-state index in [1.165, 1.54) is 40.6 Å². The van der Waals surface area contributed by atoms with Crippen LogP contribution < -0.4 is 0 Å². The molecule has 6 rings (SSSR count). The van der Waals surface area contributed by atoms with Crippen molar-refractivity contribution < 1.29 is 0 Å².